The third kappa shape index (κ3) is 2.14. The van der Waals surface area contributed by atoms with Crippen LogP contribution in [-0.4, -0.2) is 31.2 Å². The van der Waals surface area contributed by atoms with Gasteiger partial charge in [-0.05, 0) is 28.9 Å². The smallest absolute Gasteiger partial charge is 0.252 e. The number of fused-ring (bicyclic) bond motifs is 1. The van der Waals surface area contributed by atoms with Crippen LogP contribution in [0.4, 0.5) is 0 Å². The maximum absolute atomic E-state index is 9.63. The van der Waals surface area contributed by atoms with Crippen LogP contribution in [0.5, 0.6) is 0 Å². The second kappa shape index (κ2) is 4.21. The third-order valence-corrected chi connectivity index (χ3v) is 2.33. The van der Waals surface area contributed by atoms with Crippen molar-refractivity contribution in [1.29, 1.82) is 0 Å². The average Bonchev–Trinajstić information content (AvgIpc) is 2.60. The number of aliphatic hydroxyl groups excluding tert-OH is 1. The Balaban J connectivity index is 2.38. The first kappa shape index (κ1) is 10.5. The topological polar surface area (TPSA) is 89.3 Å². The molecule has 6 nitrogen and oxygen atoms in total. The highest BCUT2D eigenvalue weighted by Crippen LogP contribution is 2.13. The van der Waals surface area contributed by atoms with Gasteiger partial charge < -0.3 is 10.8 Å². The van der Waals surface area contributed by atoms with E-state index >= 15 is 0 Å². The van der Waals surface area contributed by atoms with E-state index < -0.39 is 6.10 Å². The van der Waals surface area contributed by atoms with Gasteiger partial charge in [0.05, 0.1) is 4.47 Å². The second-order valence-electron chi connectivity index (χ2n) is 3.08. The monoisotopic (exact) mass is 271 g/mol. The van der Waals surface area contributed by atoms with Gasteiger partial charge in [-0.15, -0.1) is 5.10 Å². The van der Waals surface area contributed by atoms with Gasteiger partial charge >= 0.3 is 0 Å². The lowest BCUT2D eigenvalue weighted by atomic mass is 10.2. The zero-order valence-corrected chi connectivity index (χ0v) is 9.42. The summed E-state index contributed by atoms with van der Waals surface area (Å²) in [6.07, 6.45) is 3.07. The summed E-state index contributed by atoms with van der Waals surface area (Å²) in [4.78, 5) is 8.13. The van der Waals surface area contributed by atoms with Crippen molar-refractivity contribution in [3.63, 3.8) is 0 Å². The van der Waals surface area contributed by atoms with Gasteiger partial charge in [0.15, 0.2) is 5.82 Å². The Kier molecular flexibility index (Phi) is 2.94. The van der Waals surface area contributed by atoms with Gasteiger partial charge in [-0.1, -0.05) is 0 Å². The Hall–Kier alpha value is -1.05. The zero-order chi connectivity index (χ0) is 10.8. The number of halogens is 1. The molecule has 1 atom stereocenters. The lowest BCUT2D eigenvalue weighted by Gasteiger charge is -2.01. The largest absolute Gasteiger partial charge is 0.385 e. The first-order valence-corrected chi connectivity index (χ1v) is 5.26. The fourth-order valence-corrected chi connectivity index (χ4v) is 1.50. The van der Waals surface area contributed by atoms with Crippen LogP contribution in [0.2, 0.25) is 0 Å². The van der Waals surface area contributed by atoms with Gasteiger partial charge in [0.2, 0.25) is 0 Å². The quantitative estimate of drug-likeness (QED) is 0.837. The minimum Gasteiger partial charge on any atom is -0.385 e. The first-order valence-electron chi connectivity index (χ1n) is 4.46. The van der Waals surface area contributed by atoms with E-state index in [1.165, 1.54) is 4.52 Å². The van der Waals surface area contributed by atoms with E-state index in [2.05, 4.69) is 31.0 Å². The lowest BCUT2D eigenvalue weighted by Crippen LogP contribution is -2.08. The summed E-state index contributed by atoms with van der Waals surface area (Å²) in [7, 11) is 0. The highest BCUT2D eigenvalue weighted by atomic mass is 79.9. The molecule has 2 aromatic heterocycles. The number of aliphatic hydroxyl groups is 1. The molecule has 0 bridgehead atoms. The number of nitrogens with two attached hydrogens (primary N) is 1. The normalized spacial score (nSPS) is 13.3. The van der Waals surface area contributed by atoms with E-state index in [4.69, 9.17) is 5.73 Å². The van der Waals surface area contributed by atoms with Crippen LogP contribution < -0.4 is 5.73 Å². The SMILES string of the molecule is NCCC(O)c1nc2ncc(Br)cn2n1. The molecular formula is C8H10BrN5O. The molecule has 3 N–H and O–H groups in total. The van der Waals surface area contributed by atoms with Gasteiger partial charge in [0, 0.05) is 12.4 Å². The fraction of sp³-hybridized carbons (Fsp3) is 0.375. The Morgan fingerprint density at radius 2 is 2.40 bits per heavy atom. The molecule has 0 aromatic carbocycles. The van der Waals surface area contributed by atoms with E-state index in [1.807, 2.05) is 0 Å². The van der Waals surface area contributed by atoms with Crippen LogP contribution in [0.3, 0.4) is 0 Å². The van der Waals surface area contributed by atoms with Crippen molar-refractivity contribution in [2.75, 3.05) is 6.54 Å². The minimum absolute atomic E-state index is 0.353. The van der Waals surface area contributed by atoms with Crippen LogP contribution in [0.25, 0.3) is 5.78 Å². The Morgan fingerprint density at radius 1 is 1.60 bits per heavy atom. The predicted octanol–water partition coefficient (Wildman–Crippen LogP) is 0.269. The van der Waals surface area contributed by atoms with E-state index in [0.717, 1.165) is 4.47 Å². The molecule has 0 saturated carbocycles. The van der Waals surface area contributed by atoms with Crippen LogP contribution in [0.15, 0.2) is 16.9 Å². The standard InChI is InChI=1S/C8H10BrN5O/c9-5-3-11-8-12-7(6(15)1-2-10)13-14(8)4-5/h3-4,6,15H,1-2,10H2. The Morgan fingerprint density at radius 3 is 3.13 bits per heavy atom. The molecule has 15 heavy (non-hydrogen) atoms. The summed E-state index contributed by atoms with van der Waals surface area (Å²) in [6.45, 7) is 0.397. The highest BCUT2D eigenvalue weighted by molar-refractivity contribution is 9.10. The molecule has 0 fully saturated rings. The van der Waals surface area contributed by atoms with E-state index in [9.17, 15) is 5.11 Å². The second-order valence-corrected chi connectivity index (χ2v) is 4.00. The van der Waals surface area contributed by atoms with Crippen molar-refractivity contribution >= 4 is 21.7 Å². The van der Waals surface area contributed by atoms with Crippen LogP contribution in [0.1, 0.15) is 18.3 Å². The number of nitrogens with zero attached hydrogens (tertiary/aromatic N) is 4. The molecule has 2 heterocycles. The van der Waals surface area contributed by atoms with Gasteiger partial charge in [-0.2, -0.15) is 4.98 Å². The Bertz CT molecular complexity index is 471. The van der Waals surface area contributed by atoms with Crippen molar-refractivity contribution in [1.82, 2.24) is 19.6 Å². The maximum Gasteiger partial charge on any atom is 0.252 e. The molecule has 2 rings (SSSR count). The molecule has 2 aromatic rings. The van der Waals surface area contributed by atoms with Crippen LogP contribution in [-0.2, 0) is 0 Å². The van der Waals surface area contributed by atoms with Gasteiger partial charge in [0.1, 0.15) is 6.10 Å². The van der Waals surface area contributed by atoms with Crippen molar-refractivity contribution in [3.8, 4) is 0 Å². The summed E-state index contributed by atoms with van der Waals surface area (Å²) < 4.78 is 2.32. The van der Waals surface area contributed by atoms with E-state index in [0.29, 0.717) is 24.6 Å². The summed E-state index contributed by atoms with van der Waals surface area (Å²) in [6, 6.07) is 0. The molecule has 0 radical (unpaired) electrons. The fourth-order valence-electron chi connectivity index (χ4n) is 1.20. The van der Waals surface area contributed by atoms with Crippen molar-refractivity contribution < 1.29 is 5.11 Å². The molecule has 1 unspecified atom stereocenters. The zero-order valence-electron chi connectivity index (χ0n) is 7.84. The van der Waals surface area contributed by atoms with Crippen molar-refractivity contribution in [2.45, 2.75) is 12.5 Å². The number of aromatic nitrogens is 4. The van der Waals surface area contributed by atoms with Gasteiger partial charge in [0.25, 0.3) is 5.78 Å². The van der Waals surface area contributed by atoms with Gasteiger partial charge in [-0.3, -0.25) is 0 Å². The molecule has 0 amide bonds. The number of rotatable bonds is 3. The highest BCUT2D eigenvalue weighted by Gasteiger charge is 2.13. The summed E-state index contributed by atoms with van der Waals surface area (Å²) >= 11 is 3.28. The number of hydrogen-bond acceptors (Lipinski definition) is 5. The summed E-state index contributed by atoms with van der Waals surface area (Å²) in [5.74, 6) is 0.815. The summed E-state index contributed by atoms with van der Waals surface area (Å²) in [5.41, 5.74) is 5.34. The van der Waals surface area contributed by atoms with Crippen molar-refractivity contribution in [3.05, 3.63) is 22.7 Å². The lowest BCUT2D eigenvalue weighted by molar-refractivity contribution is 0.160. The average molecular weight is 272 g/mol. The molecule has 7 heteroatoms. The minimum atomic E-state index is -0.726. The van der Waals surface area contributed by atoms with E-state index in [-0.39, 0.29) is 0 Å². The maximum atomic E-state index is 9.63. The van der Waals surface area contributed by atoms with Gasteiger partial charge in [-0.25, -0.2) is 9.50 Å². The predicted molar refractivity (Wildman–Crippen MR) is 57.1 cm³/mol. The molecule has 0 saturated heterocycles. The summed E-state index contributed by atoms with van der Waals surface area (Å²) in [5, 5.41) is 13.7. The first-order chi connectivity index (χ1) is 7.20. The molecule has 0 aliphatic rings. The molecule has 80 valence electrons. The van der Waals surface area contributed by atoms with E-state index in [1.54, 1.807) is 12.4 Å². The third-order valence-electron chi connectivity index (χ3n) is 1.92. The van der Waals surface area contributed by atoms with Crippen molar-refractivity contribution in [2.24, 2.45) is 5.73 Å². The van der Waals surface area contributed by atoms with Crippen LogP contribution in [0, 0.1) is 0 Å². The molecule has 0 spiro atoms. The van der Waals surface area contributed by atoms with Crippen LogP contribution >= 0.6 is 15.9 Å². The number of hydrogen-bond donors (Lipinski definition) is 2. The molecule has 0 aliphatic carbocycles. The Labute approximate surface area is 94.3 Å². The molecule has 0 aliphatic heterocycles. The molecular weight excluding hydrogens is 262 g/mol.